The molecule has 0 saturated carbocycles. The minimum absolute atomic E-state index is 0.127. The van der Waals surface area contributed by atoms with Gasteiger partial charge in [-0.1, -0.05) is 18.2 Å². The van der Waals surface area contributed by atoms with Crippen LogP contribution in [0.15, 0.2) is 36.7 Å². The molecule has 1 aromatic carbocycles. The summed E-state index contributed by atoms with van der Waals surface area (Å²) >= 11 is 0. The summed E-state index contributed by atoms with van der Waals surface area (Å²) in [4.78, 5) is 4.14. The van der Waals surface area contributed by atoms with E-state index in [9.17, 15) is 13.2 Å². The quantitative estimate of drug-likeness (QED) is 0.853. The zero-order valence-corrected chi connectivity index (χ0v) is 12.0. The Bertz CT molecular complexity index is 630. The van der Waals surface area contributed by atoms with Gasteiger partial charge < -0.3 is 9.30 Å². The van der Waals surface area contributed by atoms with Crippen LogP contribution >= 0.6 is 0 Å². The highest BCUT2D eigenvalue weighted by Gasteiger charge is 2.34. The Morgan fingerprint density at radius 3 is 2.82 bits per heavy atom. The number of aryl methyl sites for hydroxylation is 1. The Kier molecular flexibility index (Phi) is 4.20. The summed E-state index contributed by atoms with van der Waals surface area (Å²) < 4.78 is 46.6. The van der Waals surface area contributed by atoms with Crippen LogP contribution in [0.5, 0.6) is 0 Å². The second-order valence-electron chi connectivity index (χ2n) is 5.51. The number of hydrogen-bond donors (Lipinski definition) is 0. The third-order valence-electron chi connectivity index (χ3n) is 3.99. The second-order valence-corrected chi connectivity index (χ2v) is 5.51. The van der Waals surface area contributed by atoms with E-state index >= 15 is 0 Å². The topological polar surface area (TPSA) is 27.1 Å². The number of alkyl halides is 3. The molecule has 3 rings (SSSR count). The highest BCUT2D eigenvalue weighted by molar-refractivity contribution is 5.61. The van der Waals surface area contributed by atoms with Crippen LogP contribution in [-0.2, 0) is 17.5 Å². The average molecular weight is 310 g/mol. The molecule has 6 heteroatoms. The molecule has 0 radical (unpaired) electrons. The van der Waals surface area contributed by atoms with Crippen molar-refractivity contribution in [3.8, 4) is 11.4 Å². The van der Waals surface area contributed by atoms with Gasteiger partial charge in [-0.3, -0.25) is 0 Å². The van der Waals surface area contributed by atoms with Gasteiger partial charge in [-0.05, 0) is 24.8 Å². The molecule has 1 aliphatic rings. The number of nitrogens with zero attached hydrogens (tertiary/aromatic N) is 2. The highest BCUT2D eigenvalue weighted by Crippen LogP contribution is 2.36. The number of benzene rings is 1. The maximum Gasteiger partial charge on any atom is 0.417 e. The summed E-state index contributed by atoms with van der Waals surface area (Å²) in [6, 6.07) is 5.57. The van der Waals surface area contributed by atoms with E-state index in [1.54, 1.807) is 23.0 Å². The van der Waals surface area contributed by atoms with Crippen molar-refractivity contribution in [3.63, 3.8) is 0 Å². The van der Waals surface area contributed by atoms with Gasteiger partial charge in [-0.25, -0.2) is 4.98 Å². The van der Waals surface area contributed by atoms with E-state index in [2.05, 4.69) is 4.98 Å². The molecule has 22 heavy (non-hydrogen) atoms. The third kappa shape index (κ3) is 3.16. The van der Waals surface area contributed by atoms with Crippen LogP contribution < -0.4 is 0 Å². The lowest BCUT2D eigenvalue weighted by Crippen LogP contribution is -2.11. The normalized spacial score (nSPS) is 18.8. The predicted molar refractivity (Wildman–Crippen MR) is 76.2 cm³/mol. The number of hydrogen-bond acceptors (Lipinski definition) is 2. The SMILES string of the molecule is FC(F)(F)c1ccccc1-c1nccn1CCC1CCOC1. The van der Waals surface area contributed by atoms with Gasteiger partial charge in [-0.2, -0.15) is 13.2 Å². The fourth-order valence-corrected chi connectivity index (χ4v) is 2.79. The number of imidazole rings is 1. The summed E-state index contributed by atoms with van der Waals surface area (Å²) in [5, 5.41) is 0. The van der Waals surface area contributed by atoms with Crippen molar-refractivity contribution in [1.29, 1.82) is 0 Å². The van der Waals surface area contributed by atoms with E-state index in [1.807, 2.05) is 0 Å². The van der Waals surface area contributed by atoms with Crippen molar-refractivity contribution < 1.29 is 17.9 Å². The zero-order chi connectivity index (χ0) is 15.6. The third-order valence-corrected chi connectivity index (χ3v) is 3.99. The standard InChI is InChI=1S/C16H17F3N2O/c17-16(18,19)14-4-2-1-3-13(14)15-20-7-9-21(15)8-5-12-6-10-22-11-12/h1-4,7,9,12H,5-6,8,10-11H2. The number of rotatable bonds is 4. The first-order valence-corrected chi connectivity index (χ1v) is 7.31. The van der Waals surface area contributed by atoms with Crippen LogP contribution in [0.1, 0.15) is 18.4 Å². The Balaban J connectivity index is 1.85. The molecular weight excluding hydrogens is 293 g/mol. The Morgan fingerprint density at radius 2 is 2.09 bits per heavy atom. The van der Waals surface area contributed by atoms with Crippen LogP contribution in [0, 0.1) is 5.92 Å². The molecule has 1 fully saturated rings. The van der Waals surface area contributed by atoms with Gasteiger partial charge in [0, 0.05) is 37.7 Å². The lowest BCUT2D eigenvalue weighted by molar-refractivity contribution is -0.137. The number of aromatic nitrogens is 2. The van der Waals surface area contributed by atoms with Crippen LogP contribution in [0.25, 0.3) is 11.4 Å². The molecule has 1 unspecified atom stereocenters. The summed E-state index contributed by atoms with van der Waals surface area (Å²) in [5.74, 6) is 0.847. The van der Waals surface area contributed by atoms with Crippen molar-refractivity contribution in [2.24, 2.45) is 5.92 Å². The van der Waals surface area contributed by atoms with Crippen molar-refractivity contribution in [2.45, 2.75) is 25.6 Å². The molecule has 118 valence electrons. The molecule has 3 nitrogen and oxygen atoms in total. The van der Waals surface area contributed by atoms with Gasteiger partial charge in [0.1, 0.15) is 5.82 Å². The van der Waals surface area contributed by atoms with E-state index in [4.69, 9.17) is 4.74 Å². The Labute approximate surface area is 126 Å². The summed E-state index contributed by atoms with van der Waals surface area (Å²) in [6.07, 6.45) is 0.805. The first-order valence-electron chi connectivity index (χ1n) is 7.31. The van der Waals surface area contributed by atoms with E-state index < -0.39 is 11.7 Å². The first-order chi connectivity index (χ1) is 10.6. The molecule has 0 spiro atoms. The Morgan fingerprint density at radius 1 is 1.27 bits per heavy atom. The zero-order valence-electron chi connectivity index (χ0n) is 12.0. The fraction of sp³-hybridized carbons (Fsp3) is 0.438. The lowest BCUT2D eigenvalue weighted by atomic mass is 10.0. The maximum absolute atomic E-state index is 13.1. The summed E-state index contributed by atoms with van der Waals surface area (Å²) in [7, 11) is 0. The van der Waals surface area contributed by atoms with Gasteiger partial charge >= 0.3 is 6.18 Å². The highest BCUT2D eigenvalue weighted by atomic mass is 19.4. The molecular formula is C16H17F3N2O. The minimum atomic E-state index is -4.38. The molecule has 0 amide bonds. The first kappa shape index (κ1) is 15.1. The Hall–Kier alpha value is -1.82. The van der Waals surface area contributed by atoms with E-state index in [1.165, 1.54) is 12.1 Å². The largest absolute Gasteiger partial charge is 0.417 e. The predicted octanol–water partition coefficient (Wildman–Crippen LogP) is 4.00. The molecule has 2 aromatic rings. The molecule has 0 N–H and O–H groups in total. The van der Waals surface area contributed by atoms with Crippen molar-refractivity contribution in [2.75, 3.05) is 13.2 Å². The number of ether oxygens (including phenoxy) is 1. The van der Waals surface area contributed by atoms with Crippen LogP contribution in [0.3, 0.4) is 0 Å². The molecule has 1 aliphatic heterocycles. The van der Waals surface area contributed by atoms with Crippen LogP contribution in [0.2, 0.25) is 0 Å². The molecule has 0 aliphatic carbocycles. The average Bonchev–Trinajstić information content (AvgIpc) is 3.15. The van der Waals surface area contributed by atoms with Gasteiger partial charge in [0.2, 0.25) is 0 Å². The number of halogens is 3. The van der Waals surface area contributed by atoms with Crippen molar-refractivity contribution >= 4 is 0 Å². The maximum atomic E-state index is 13.1. The molecule has 1 atom stereocenters. The van der Waals surface area contributed by atoms with E-state index in [0.29, 0.717) is 18.3 Å². The molecule has 1 aromatic heterocycles. The van der Waals surface area contributed by atoms with Gasteiger partial charge in [0.05, 0.1) is 5.56 Å². The molecule has 1 saturated heterocycles. The monoisotopic (exact) mass is 310 g/mol. The molecule has 0 bridgehead atoms. The van der Waals surface area contributed by atoms with E-state index in [-0.39, 0.29) is 5.56 Å². The fourth-order valence-electron chi connectivity index (χ4n) is 2.79. The van der Waals surface area contributed by atoms with Crippen LogP contribution in [-0.4, -0.2) is 22.8 Å². The van der Waals surface area contributed by atoms with Gasteiger partial charge in [-0.15, -0.1) is 0 Å². The molecule has 2 heterocycles. The summed E-state index contributed by atoms with van der Waals surface area (Å²) in [6.45, 7) is 2.16. The lowest BCUT2D eigenvalue weighted by Gasteiger charge is -2.15. The smallest absolute Gasteiger partial charge is 0.381 e. The van der Waals surface area contributed by atoms with E-state index in [0.717, 1.165) is 32.1 Å². The van der Waals surface area contributed by atoms with Gasteiger partial charge in [0.25, 0.3) is 0 Å². The minimum Gasteiger partial charge on any atom is -0.381 e. The van der Waals surface area contributed by atoms with Crippen molar-refractivity contribution in [1.82, 2.24) is 9.55 Å². The second kappa shape index (κ2) is 6.12. The summed E-state index contributed by atoms with van der Waals surface area (Å²) in [5.41, 5.74) is -0.519. The van der Waals surface area contributed by atoms with Crippen molar-refractivity contribution in [3.05, 3.63) is 42.2 Å². The van der Waals surface area contributed by atoms with Crippen LogP contribution in [0.4, 0.5) is 13.2 Å². The van der Waals surface area contributed by atoms with Gasteiger partial charge in [0.15, 0.2) is 0 Å².